The van der Waals surface area contributed by atoms with Crippen LogP contribution in [0.2, 0.25) is 5.76 Å². The van der Waals surface area contributed by atoms with Crippen molar-refractivity contribution < 1.29 is 23.7 Å². The molecule has 1 heterocycles. The molecule has 6 heteroatoms. The fourth-order valence-electron chi connectivity index (χ4n) is 6.38. The van der Waals surface area contributed by atoms with E-state index < -0.39 is 37.9 Å². The number of methoxy groups -OCH3 is 1. The third kappa shape index (κ3) is 7.52. The molecule has 1 saturated heterocycles. The summed E-state index contributed by atoms with van der Waals surface area (Å²) < 4.78 is 36.5. The van der Waals surface area contributed by atoms with Crippen molar-refractivity contribution in [1.82, 2.24) is 0 Å². The van der Waals surface area contributed by atoms with Crippen LogP contribution in [0.5, 0.6) is 0 Å². The Balaban J connectivity index is 1.44. The molecule has 0 N–H and O–H groups in total. The maximum absolute atomic E-state index is 7.13. The Morgan fingerprint density at radius 2 is 0.826 bits per heavy atom. The van der Waals surface area contributed by atoms with Gasteiger partial charge >= 0.3 is 276 Å². The van der Waals surface area contributed by atoms with E-state index in [4.69, 9.17) is 23.7 Å². The molecule has 0 bridgehead atoms. The van der Waals surface area contributed by atoms with Crippen LogP contribution in [0.15, 0.2) is 152 Å². The monoisotopic (exact) mass is 676 g/mol. The Labute approximate surface area is 275 Å². The first-order chi connectivity index (χ1) is 22.7. The summed E-state index contributed by atoms with van der Waals surface area (Å²) in [7, 11) is 1.69. The molecule has 0 unspecified atom stereocenters. The zero-order chi connectivity index (χ0) is 31.6. The van der Waals surface area contributed by atoms with Gasteiger partial charge in [0.2, 0.25) is 0 Å². The summed E-state index contributed by atoms with van der Waals surface area (Å²) >= 11 is -3.41. The van der Waals surface area contributed by atoms with E-state index in [1.54, 1.807) is 7.11 Å². The molecule has 0 spiro atoms. The van der Waals surface area contributed by atoms with Crippen LogP contribution in [-0.2, 0) is 43.5 Å². The topological polar surface area (TPSA) is 46.2 Å². The van der Waals surface area contributed by atoms with Crippen LogP contribution in [0.1, 0.15) is 16.7 Å². The predicted molar refractivity (Wildman–Crippen MR) is 184 cm³/mol. The first-order valence-corrected chi connectivity index (χ1v) is 21.3. The molecule has 6 rings (SSSR count). The normalized spacial score (nSPS) is 21.6. The Kier molecular flexibility index (Phi) is 11.1. The van der Waals surface area contributed by atoms with Gasteiger partial charge in [0, 0.05) is 0 Å². The van der Waals surface area contributed by atoms with E-state index in [-0.39, 0.29) is 4.94 Å². The van der Waals surface area contributed by atoms with Crippen LogP contribution < -0.4 is 8.79 Å². The summed E-state index contributed by atoms with van der Waals surface area (Å²) in [6.07, 6.45) is -2.12. The minimum atomic E-state index is -3.41. The first kappa shape index (κ1) is 32.4. The summed E-state index contributed by atoms with van der Waals surface area (Å²) in [6.45, 7) is 1.22. The second-order valence-corrected chi connectivity index (χ2v) is 20.5. The van der Waals surface area contributed by atoms with E-state index in [1.165, 1.54) is 8.79 Å². The Morgan fingerprint density at radius 1 is 0.478 bits per heavy atom. The number of benzene rings is 5. The third-order valence-corrected chi connectivity index (χ3v) is 18.7. The van der Waals surface area contributed by atoms with Gasteiger partial charge in [-0.2, -0.15) is 0 Å². The molecule has 0 aromatic heterocycles. The fourth-order valence-corrected chi connectivity index (χ4v) is 15.0. The molecule has 1 aliphatic heterocycles. The molecule has 5 aromatic rings. The fraction of sp³-hybridized carbons (Fsp3) is 0.250. The van der Waals surface area contributed by atoms with E-state index in [9.17, 15) is 0 Å². The molecule has 1 fully saturated rings. The van der Waals surface area contributed by atoms with Gasteiger partial charge in [-0.25, -0.2) is 0 Å². The molecule has 236 valence electrons. The van der Waals surface area contributed by atoms with Crippen LogP contribution in [-0.4, -0.2) is 49.9 Å². The average Bonchev–Trinajstić information content (AvgIpc) is 3.13. The van der Waals surface area contributed by atoms with Crippen LogP contribution in [0.25, 0.3) is 0 Å². The number of hydrogen-bond acceptors (Lipinski definition) is 5. The summed E-state index contributed by atoms with van der Waals surface area (Å²) in [5, 5.41) is 0. The van der Waals surface area contributed by atoms with Crippen molar-refractivity contribution >= 4 is 22.1 Å². The summed E-state index contributed by atoms with van der Waals surface area (Å²) in [5.74, 6) is 2.42. The van der Waals surface area contributed by atoms with Crippen molar-refractivity contribution in [3.8, 4) is 0 Å². The van der Waals surface area contributed by atoms with Crippen molar-refractivity contribution in [3.05, 3.63) is 168 Å². The summed E-state index contributed by atoms with van der Waals surface area (Å²) in [5.41, 5.74) is 3.24. The van der Waals surface area contributed by atoms with Crippen LogP contribution in [0, 0.1) is 0 Å². The van der Waals surface area contributed by atoms with Crippen molar-refractivity contribution in [1.29, 1.82) is 0 Å². The van der Waals surface area contributed by atoms with Gasteiger partial charge in [0.1, 0.15) is 0 Å². The van der Waals surface area contributed by atoms with Gasteiger partial charge in [-0.15, -0.1) is 0 Å². The molecule has 0 saturated carbocycles. The van der Waals surface area contributed by atoms with Crippen LogP contribution >= 0.6 is 0 Å². The molecule has 0 radical (unpaired) electrons. The van der Waals surface area contributed by atoms with Gasteiger partial charge in [0.15, 0.2) is 0 Å². The zero-order valence-electron chi connectivity index (χ0n) is 26.5. The number of rotatable bonds is 13. The van der Waals surface area contributed by atoms with Crippen molar-refractivity contribution in [3.63, 3.8) is 0 Å². The van der Waals surface area contributed by atoms with Crippen molar-refractivity contribution in [2.45, 2.75) is 55.1 Å². The molecule has 0 amide bonds. The molecule has 0 aliphatic carbocycles. The molecule has 1 aliphatic rings. The average molecular weight is 675 g/mol. The Hall–Kier alpha value is -3.56. The second-order valence-electron chi connectivity index (χ2n) is 11.9. The first-order valence-electron chi connectivity index (χ1n) is 15.9. The van der Waals surface area contributed by atoms with Gasteiger partial charge in [0.25, 0.3) is 0 Å². The molecular formula is C40H42GeO5. The molecule has 5 nitrogen and oxygen atoms in total. The number of hydrogen-bond donors (Lipinski definition) is 0. The molecule has 46 heavy (non-hydrogen) atoms. The summed E-state index contributed by atoms with van der Waals surface area (Å²) in [6, 6.07) is 52.3. The van der Waals surface area contributed by atoms with Crippen LogP contribution in [0.3, 0.4) is 0 Å². The van der Waals surface area contributed by atoms with Gasteiger partial charge in [0.05, 0.1) is 0 Å². The van der Waals surface area contributed by atoms with Gasteiger partial charge < -0.3 is 0 Å². The predicted octanol–water partition coefficient (Wildman–Crippen LogP) is 6.55. The van der Waals surface area contributed by atoms with Crippen molar-refractivity contribution in [2.75, 3.05) is 7.11 Å². The van der Waals surface area contributed by atoms with Crippen LogP contribution in [0.4, 0.5) is 0 Å². The SMILES string of the molecule is CO[C@H]1O[C@H]([Ge]([CH3])([c]2ccccc2)[c]2ccccc2)[C@@H](OCc2ccccc2)[C@H](OCc2ccccc2)[C@H]1OCc1ccccc1. The van der Waals surface area contributed by atoms with E-state index >= 15 is 0 Å². The van der Waals surface area contributed by atoms with E-state index in [0.29, 0.717) is 19.8 Å². The molecule has 5 atom stereocenters. The minimum absolute atomic E-state index is 0.309. The standard InChI is InChI=1S/C40H42GeO5/c1-41(34-24-14-6-15-25-34,35-26-16-7-17-27-35)39-37(44-29-32-20-10-4-11-21-32)36(43-28-31-18-8-3-9-19-31)38(40(42-2)46-39)45-30-33-22-12-5-13-23-33/h3-27,36-40H,28-30H2,1-2H3/t36-,37-,38+,39-,40-/m0/s1. The van der Waals surface area contributed by atoms with E-state index in [0.717, 1.165) is 16.7 Å². The maximum atomic E-state index is 7.13. The Bertz CT molecular complexity index is 1550. The van der Waals surface area contributed by atoms with Gasteiger partial charge in [-0.05, 0) is 0 Å². The summed E-state index contributed by atoms with van der Waals surface area (Å²) in [4.78, 5) is -0.309. The molecular weight excluding hydrogens is 633 g/mol. The van der Waals surface area contributed by atoms with Gasteiger partial charge in [-0.3, -0.25) is 0 Å². The van der Waals surface area contributed by atoms with Gasteiger partial charge in [-0.1, -0.05) is 0 Å². The number of ether oxygens (including phenoxy) is 5. The second kappa shape index (κ2) is 15.8. The Morgan fingerprint density at radius 3 is 1.22 bits per heavy atom. The van der Waals surface area contributed by atoms with Crippen molar-refractivity contribution in [2.24, 2.45) is 0 Å². The quantitative estimate of drug-likeness (QED) is 0.133. The third-order valence-electron chi connectivity index (χ3n) is 8.90. The van der Waals surface area contributed by atoms with E-state index in [2.05, 4.69) is 103 Å². The zero-order valence-corrected chi connectivity index (χ0v) is 28.6. The van der Waals surface area contributed by atoms with E-state index in [1.807, 2.05) is 54.6 Å². The molecule has 5 aromatic carbocycles.